The highest BCUT2D eigenvalue weighted by molar-refractivity contribution is 5.95. The lowest BCUT2D eigenvalue weighted by Gasteiger charge is -2.24. The Bertz CT molecular complexity index is 644. The van der Waals surface area contributed by atoms with E-state index in [9.17, 15) is 4.79 Å². The number of rotatable bonds is 3. The highest BCUT2D eigenvalue weighted by Gasteiger charge is 2.26. The van der Waals surface area contributed by atoms with Crippen molar-refractivity contribution in [2.24, 2.45) is 0 Å². The minimum atomic E-state index is -0.593. The standard InChI is InChI=1S/C18H16O3/c1-20-17-12-11-16(19)18(21-17)15-9-7-14(8-10-15)13-5-3-2-4-6-13/h2-12,17-18H,1H3/t17-,18-/m0/s1. The van der Waals surface area contributed by atoms with Crippen molar-refractivity contribution in [1.29, 1.82) is 0 Å². The summed E-state index contributed by atoms with van der Waals surface area (Å²) in [6.07, 6.45) is 2.08. The van der Waals surface area contributed by atoms with E-state index in [2.05, 4.69) is 12.1 Å². The molecule has 0 amide bonds. The summed E-state index contributed by atoms with van der Waals surface area (Å²) in [6.45, 7) is 0. The average molecular weight is 280 g/mol. The van der Waals surface area contributed by atoms with Crippen LogP contribution in [0.25, 0.3) is 11.1 Å². The first-order chi connectivity index (χ1) is 10.3. The average Bonchev–Trinajstić information content (AvgIpc) is 2.56. The molecule has 0 fully saturated rings. The van der Waals surface area contributed by atoms with Gasteiger partial charge in [0.25, 0.3) is 0 Å². The number of methoxy groups -OCH3 is 1. The predicted octanol–water partition coefficient (Wildman–Crippen LogP) is 3.52. The van der Waals surface area contributed by atoms with Gasteiger partial charge in [0.05, 0.1) is 0 Å². The van der Waals surface area contributed by atoms with E-state index in [-0.39, 0.29) is 5.78 Å². The molecule has 3 nitrogen and oxygen atoms in total. The van der Waals surface area contributed by atoms with E-state index in [1.165, 1.54) is 6.08 Å². The Kier molecular flexibility index (Phi) is 3.95. The second kappa shape index (κ2) is 6.04. The number of hydrogen-bond acceptors (Lipinski definition) is 3. The van der Waals surface area contributed by atoms with Gasteiger partial charge in [0, 0.05) is 7.11 Å². The van der Waals surface area contributed by atoms with Gasteiger partial charge in [-0.25, -0.2) is 0 Å². The molecule has 1 aliphatic heterocycles. The first kappa shape index (κ1) is 13.7. The molecule has 3 heteroatoms. The molecule has 106 valence electrons. The van der Waals surface area contributed by atoms with Gasteiger partial charge < -0.3 is 9.47 Å². The Balaban J connectivity index is 1.84. The predicted molar refractivity (Wildman–Crippen MR) is 80.6 cm³/mol. The molecule has 0 bridgehead atoms. The molecule has 2 atom stereocenters. The van der Waals surface area contributed by atoms with Crippen LogP contribution in [0.5, 0.6) is 0 Å². The van der Waals surface area contributed by atoms with Crippen LogP contribution in [0, 0.1) is 0 Å². The molecule has 3 rings (SSSR count). The van der Waals surface area contributed by atoms with Crippen molar-refractivity contribution in [3.8, 4) is 11.1 Å². The van der Waals surface area contributed by atoms with Crippen LogP contribution in [0.15, 0.2) is 66.7 Å². The zero-order valence-corrected chi connectivity index (χ0v) is 11.7. The lowest BCUT2D eigenvalue weighted by atomic mass is 9.99. The molecule has 1 heterocycles. The molecule has 0 saturated heterocycles. The van der Waals surface area contributed by atoms with Gasteiger partial charge in [-0.2, -0.15) is 0 Å². The summed E-state index contributed by atoms with van der Waals surface area (Å²) in [7, 11) is 1.56. The van der Waals surface area contributed by atoms with E-state index in [0.29, 0.717) is 0 Å². The molecule has 0 unspecified atom stereocenters. The number of ketones is 1. The second-order valence-corrected chi connectivity index (χ2v) is 4.87. The van der Waals surface area contributed by atoms with Gasteiger partial charge >= 0.3 is 0 Å². The summed E-state index contributed by atoms with van der Waals surface area (Å²) in [5, 5.41) is 0. The van der Waals surface area contributed by atoms with Gasteiger partial charge in [0.2, 0.25) is 0 Å². The van der Waals surface area contributed by atoms with E-state index in [0.717, 1.165) is 16.7 Å². The minimum absolute atomic E-state index is 0.0595. The fourth-order valence-corrected chi connectivity index (χ4v) is 2.37. The van der Waals surface area contributed by atoms with Gasteiger partial charge in [0.15, 0.2) is 12.1 Å². The van der Waals surface area contributed by atoms with E-state index < -0.39 is 12.4 Å². The number of carbonyl (C=O) groups is 1. The lowest BCUT2D eigenvalue weighted by Crippen LogP contribution is -2.26. The van der Waals surface area contributed by atoms with Crippen molar-refractivity contribution < 1.29 is 14.3 Å². The molecule has 2 aromatic carbocycles. The number of benzene rings is 2. The van der Waals surface area contributed by atoms with Crippen molar-refractivity contribution in [1.82, 2.24) is 0 Å². The number of hydrogen-bond donors (Lipinski definition) is 0. The monoisotopic (exact) mass is 280 g/mol. The van der Waals surface area contributed by atoms with Gasteiger partial charge in [-0.15, -0.1) is 0 Å². The van der Waals surface area contributed by atoms with Crippen LogP contribution in [0.1, 0.15) is 11.7 Å². The van der Waals surface area contributed by atoms with Gasteiger partial charge in [-0.1, -0.05) is 54.6 Å². The highest BCUT2D eigenvalue weighted by Crippen LogP contribution is 2.27. The Labute approximate surface area is 123 Å². The third-order valence-corrected chi connectivity index (χ3v) is 3.50. The molecule has 0 spiro atoms. The summed E-state index contributed by atoms with van der Waals surface area (Å²) >= 11 is 0. The SMILES string of the molecule is CO[C@@H]1C=CC(=O)[C@H](c2ccc(-c3ccccc3)cc2)O1. The molecule has 21 heavy (non-hydrogen) atoms. The maximum atomic E-state index is 11.9. The van der Waals surface area contributed by atoms with E-state index in [1.807, 2.05) is 42.5 Å². The van der Waals surface area contributed by atoms with Gasteiger partial charge in [0.1, 0.15) is 6.10 Å². The topological polar surface area (TPSA) is 35.5 Å². The first-order valence-corrected chi connectivity index (χ1v) is 6.83. The smallest absolute Gasteiger partial charge is 0.188 e. The van der Waals surface area contributed by atoms with E-state index in [1.54, 1.807) is 13.2 Å². The van der Waals surface area contributed by atoms with Crippen molar-refractivity contribution in [2.45, 2.75) is 12.4 Å². The van der Waals surface area contributed by atoms with E-state index >= 15 is 0 Å². The number of carbonyl (C=O) groups excluding carboxylic acids is 1. The van der Waals surface area contributed by atoms with Crippen molar-refractivity contribution in [2.75, 3.05) is 7.11 Å². The fraction of sp³-hybridized carbons (Fsp3) is 0.167. The molecule has 0 aliphatic carbocycles. The van der Waals surface area contributed by atoms with Crippen molar-refractivity contribution in [3.63, 3.8) is 0 Å². The van der Waals surface area contributed by atoms with Gasteiger partial charge in [-0.05, 0) is 28.8 Å². The van der Waals surface area contributed by atoms with Crippen molar-refractivity contribution >= 4 is 5.78 Å². The Morgan fingerprint density at radius 2 is 1.62 bits per heavy atom. The van der Waals surface area contributed by atoms with Crippen LogP contribution < -0.4 is 0 Å². The summed E-state index contributed by atoms with van der Waals surface area (Å²) in [4.78, 5) is 11.9. The van der Waals surface area contributed by atoms with Crippen LogP contribution >= 0.6 is 0 Å². The van der Waals surface area contributed by atoms with E-state index in [4.69, 9.17) is 9.47 Å². The Morgan fingerprint density at radius 1 is 0.952 bits per heavy atom. The molecule has 0 N–H and O–H groups in total. The summed E-state index contributed by atoms with van der Waals surface area (Å²) in [6, 6.07) is 18.0. The maximum absolute atomic E-state index is 11.9. The van der Waals surface area contributed by atoms with Crippen LogP contribution in [0.3, 0.4) is 0 Å². The maximum Gasteiger partial charge on any atom is 0.188 e. The zero-order valence-electron chi connectivity index (χ0n) is 11.7. The van der Waals surface area contributed by atoms with Crippen LogP contribution in [0.2, 0.25) is 0 Å². The minimum Gasteiger partial charge on any atom is -0.352 e. The zero-order chi connectivity index (χ0) is 14.7. The fourth-order valence-electron chi connectivity index (χ4n) is 2.37. The Hall–Kier alpha value is -2.23. The molecule has 1 aliphatic rings. The quantitative estimate of drug-likeness (QED) is 0.863. The summed E-state index contributed by atoms with van der Waals surface area (Å²) in [5.41, 5.74) is 3.10. The highest BCUT2D eigenvalue weighted by atomic mass is 16.7. The third-order valence-electron chi connectivity index (χ3n) is 3.50. The molecular weight excluding hydrogens is 264 g/mol. The van der Waals surface area contributed by atoms with Crippen LogP contribution in [-0.4, -0.2) is 19.2 Å². The normalized spacial score (nSPS) is 21.5. The Morgan fingerprint density at radius 3 is 2.29 bits per heavy atom. The van der Waals surface area contributed by atoms with Gasteiger partial charge in [-0.3, -0.25) is 4.79 Å². The molecule has 2 aromatic rings. The molecule has 0 aromatic heterocycles. The number of ether oxygens (including phenoxy) is 2. The lowest BCUT2D eigenvalue weighted by molar-refractivity contribution is -0.156. The summed E-state index contributed by atoms with van der Waals surface area (Å²) in [5.74, 6) is -0.0595. The second-order valence-electron chi connectivity index (χ2n) is 4.87. The van der Waals surface area contributed by atoms with Crippen LogP contribution in [-0.2, 0) is 14.3 Å². The molecular formula is C18H16O3. The van der Waals surface area contributed by atoms with Crippen molar-refractivity contribution in [3.05, 3.63) is 72.3 Å². The molecule has 0 radical (unpaired) electrons. The third kappa shape index (κ3) is 2.94. The van der Waals surface area contributed by atoms with Crippen LogP contribution in [0.4, 0.5) is 0 Å². The molecule has 0 saturated carbocycles. The summed E-state index contributed by atoms with van der Waals surface area (Å²) < 4.78 is 10.7. The first-order valence-electron chi connectivity index (χ1n) is 6.83. The largest absolute Gasteiger partial charge is 0.352 e.